The van der Waals surface area contributed by atoms with Crippen LogP contribution < -0.4 is 0 Å². The van der Waals surface area contributed by atoms with E-state index in [1.165, 1.54) is 18.4 Å². The van der Waals surface area contributed by atoms with Crippen molar-refractivity contribution in [3.05, 3.63) is 47.0 Å². The van der Waals surface area contributed by atoms with Crippen molar-refractivity contribution in [1.29, 1.82) is 0 Å². The minimum absolute atomic E-state index is 0.277. The molecule has 0 heterocycles. The van der Waals surface area contributed by atoms with Crippen molar-refractivity contribution >= 4 is 10.8 Å². The standard InChI is InChI=1S/C21H28O2/c1-14(2)8-7-9-15(3)12-13-17-16(4)20(22)18-10-5-6-11-19(18)21(17)23/h5-6,10-12,14,22-23H,7-9,13H2,1-4H3/b15-12+. The Morgan fingerprint density at radius 3 is 2.30 bits per heavy atom. The first-order valence-corrected chi connectivity index (χ1v) is 8.49. The molecular formula is C21H28O2. The number of aromatic hydroxyl groups is 2. The minimum atomic E-state index is 0.277. The second kappa shape index (κ2) is 7.54. The van der Waals surface area contributed by atoms with E-state index in [0.717, 1.165) is 28.9 Å². The first kappa shape index (κ1) is 17.4. The van der Waals surface area contributed by atoms with Crippen molar-refractivity contribution in [2.24, 2.45) is 5.92 Å². The molecule has 0 aliphatic heterocycles. The van der Waals surface area contributed by atoms with Gasteiger partial charge < -0.3 is 10.2 Å². The van der Waals surface area contributed by atoms with Gasteiger partial charge in [0.1, 0.15) is 11.5 Å². The van der Waals surface area contributed by atoms with Crippen LogP contribution in [-0.2, 0) is 6.42 Å². The monoisotopic (exact) mass is 312 g/mol. The number of allylic oxidation sites excluding steroid dienone is 2. The highest BCUT2D eigenvalue weighted by molar-refractivity contribution is 5.95. The van der Waals surface area contributed by atoms with Crippen LogP contribution in [0.3, 0.4) is 0 Å². The van der Waals surface area contributed by atoms with Crippen molar-refractivity contribution in [2.45, 2.75) is 53.4 Å². The van der Waals surface area contributed by atoms with Gasteiger partial charge in [-0.25, -0.2) is 0 Å². The fourth-order valence-corrected chi connectivity index (χ4v) is 3.00. The zero-order valence-electron chi connectivity index (χ0n) is 14.7. The number of benzene rings is 2. The highest BCUT2D eigenvalue weighted by atomic mass is 16.3. The molecule has 0 saturated heterocycles. The minimum Gasteiger partial charge on any atom is -0.507 e. The van der Waals surface area contributed by atoms with E-state index in [4.69, 9.17) is 0 Å². The number of phenolic OH excluding ortho intramolecular Hbond substituents is 2. The summed E-state index contributed by atoms with van der Waals surface area (Å²) in [4.78, 5) is 0. The Kier molecular flexibility index (Phi) is 5.70. The molecule has 0 aliphatic rings. The highest BCUT2D eigenvalue weighted by Gasteiger charge is 2.14. The molecule has 0 radical (unpaired) electrons. The van der Waals surface area contributed by atoms with Gasteiger partial charge in [0.15, 0.2) is 0 Å². The Bertz CT molecular complexity index is 711. The second-order valence-electron chi connectivity index (χ2n) is 6.89. The van der Waals surface area contributed by atoms with Crippen molar-refractivity contribution in [3.8, 4) is 11.5 Å². The van der Waals surface area contributed by atoms with Crippen LogP contribution in [0.4, 0.5) is 0 Å². The van der Waals surface area contributed by atoms with E-state index in [1.807, 2.05) is 31.2 Å². The summed E-state index contributed by atoms with van der Waals surface area (Å²) in [5.41, 5.74) is 2.94. The summed E-state index contributed by atoms with van der Waals surface area (Å²) in [5.74, 6) is 1.31. The van der Waals surface area contributed by atoms with Crippen LogP contribution in [0.5, 0.6) is 11.5 Å². The first-order valence-electron chi connectivity index (χ1n) is 8.49. The van der Waals surface area contributed by atoms with Gasteiger partial charge in [0, 0.05) is 16.3 Å². The molecule has 2 rings (SSSR count). The Morgan fingerprint density at radius 1 is 1.09 bits per heavy atom. The van der Waals surface area contributed by atoms with Crippen LogP contribution in [0.2, 0.25) is 0 Å². The van der Waals surface area contributed by atoms with Crippen LogP contribution >= 0.6 is 0 Å². The first-order chi connectivity index (χ1) is 10.9. The van der Waals surface area contributed by atoms with E-state index in [9.17, 15) is 10.2 Å². The lowest BCUT2D eigenvalue weighted by atomic mass is 9.95. The van der Waals surface area contributed by atoms with Crippen LogP contribution in [-0.4, -0.2) is 10.2 Å². The molecule has 2 aromatic carbocycles. The quantitative estimate of drug-likeness (QED) is 0.517. The molecule has 2 N–H and O–H groups in total. The Labute approximate surface area is 139 Å². The average Bonchev–Trinajstić information content (AvgIpc) is 2.52. The summed E-state index contributed by atoms with van der Waals surface area (Å²) in [6.07, 6.45) is 6.37. The molecule has 2 nitrogen and oxygen atoms in total. The van der Waals surface area contributed by atoms with Crippen molar-refractivity contribution in [3.63, 3.8) is 0 Å². The molecule has 0 fully saturated rings. The summed E-state index contributed by atoms with van der Waals surface area (Å²) in [5, 5.41) is 22.4. The molecule has 0 spiro atoms. The van der Waals surface area contributed by atoms with Crippen LogP contribution in [0.25, 0.3) is 10.8 Å². The van der Waals surface area contributed by atoms with Crippen LogP contribution in [0.1, 0.15) is 51.2 Å². The maximum atomic E-state index is 10.6. The Balaban J connectivity index is 2.23. The molecule has 0 unspecified atom stereocenters. The fraction of sp³-hybridized carbons (Fsp3) is 0.429. The van der Waals surface area contributed by atoms with Gasteiger partial charge in [-0.15, -0.1) is 0 Å². The van der Waals surface area contributed by atoms with E-state index in [1.54, 1.807) is 0 Å². The second-order valence-corrected chi connectivity index (χ2v) is 6.89. The maximum absolute atomic E-state index is 10.6. The predicted octanol–water partition coefficient (Wildman–Crippen LogP) is 5.87. The lowest BCUT2D eigenvalue weighted by Gasteiger charge is -2.13. The van der Waals surface area contributed by atoms with Crippen molar-refractivity contribution in [2.75, 3.05) is 0 Å². The number of hydrogen-bond acceptors (Lipinski definition) is 2. The number of phenols is 2. The molecule has 0 bridgehead atoms. The Hall–Kier alpha value is -1.96. The van der Waals surface area contributed by atoms with Gasteiger partial charge in [-0.1, -0.05) is 56.2 Å². The van der Waals surface area contributed by atoms with Gasteiger partial charge in [-0.2, -0.15) is 0 Å². The summed E-state index contributed by atoms with van der Waals surface area (Å²) in [6, 6.07) is 7.45. The molecule has 0 saturated carbocycles. The third-order valence-corrected chi connectivity index (χ3v) is 4.54. The lowest BCUT2D eigenvalue weighted by Crippen LogP contribution is -1.93. The molecular weight excluding hydrogens is 284 g/mol. The van der Waals surface area contributed by atoms with Crippen molar-refractivity contribution < 1.29 is 10.2 Å². The zero-order chi connectivity index (χ0) is 17.0. The molecule has 0 amide bonds. The van der Waals surface area contributed by atoms with E-state index < -0.39 is 0 Å². The summed E-state index contributed by atoms with van der Waals surface area (Å²) in [7, 11) is 0. The SMILES string of the molecule is C/C(=C\Cc1c(C)c(O)c2ccccc2c1O)CCCC(C)C. The van der Waals surface area contributed by atoms with Gasteiger partial charge >= 0.3 is 0 Å². The van der Waals surface area contributed by atoms with Gasteiger partial charge in [0.2, 0.25) is 0 Å². The summed E-state index contributed by atoms with van der Waals surface area (Å²) in [6.45, 7) is 8.52. The maximum Gasteiger partial charge on any atom is 0.127 e. The molecule has 2 aromatic rings. The molecule has 2 heteroatoms. The van der Waals surface area contributed by atoms with E-state index in [2.05, 4.69) is 26.8 Å². The van der Waals surface area contributed by atoms with Gasteiger partial charge in [-0.05, 0) is 44.6 Å². The molecule has 124 valence electrons. The lowest BCUT2D eigenvalue weighted by molar-refractivity contribution is 0.461. The third-order valence-electron chi connectivity index (χ3n) is 4.54. The summed E-state index contributed by atoms with van der Waals surface area (Å²) >= 11 is 0. The normalized spacial score (nSPS) is 12.3. The number of rotatable bonds is 6. The predicted molar refractivity (Wildman–Crippen MR) is 98.2 cm³/mol. The fourth-order valence-electron chi connectivity index (χ4n) is 3.00. The molecule has 23 heavy (non-hydrogen) atoms. The third kappa shape index (κ3) is 4.07. The highest BCUT2D eigenvalue weighted by Crippen LogP contribution is 2.39. The summed E-state index contributed by atoms with van der Waals surface area (Å²) < 4.78 is 0. The van der Waals surface area contributed by atoms with Crippen LogP contribution in [0.15, 0.2) is 35.9 Å². The van der Waals surface area contributed by atoms with E-state index in [0.29, 0.717) is 17.6 Å². The van der Waals surface area contributed by atoms with E-state index in [-0.39, 0.29) is 5.75 Å². The topological polar surface area (TPSA) is 40.5 Å². The Morgan fingerprint density at radius 2 is 1.70 bits per heavy atom. The molecule has 0 aromatic heterocycles. The molecule has 0 atom stereocenters. The van der Waals surface area contributed by atoms with Gasteiger partial charge in [0.05, 0.1) is 0 Å². The zero-order valence-corrected chi connectivity index (χ0v) is 14.7. The number of hydrogen-bond donors (Lipinski definition) is 2. The van der Waals surface area contributed by atoms with Crippen LogP contribution in [0, 0.1) is 12.8 Å². The van der Waals surface area contributed by atoms with Crippen molar-refractivity contribution in [1.82, 2.24) is 0 Å². The van der Waals surface area contributed by atoms with E-state index >= 15 is 0 Å². The molecule has 0 aliphatic carbocycles. The van der Waals surface area contributed by atoms with Gasteiger partial charge in [-0.3, -0.25) is 0 Å². The van der Waals surface area contributed by atoms with Gasteiger partial charge in [0.25, 0.3) is 0 Å². The number of fused-ring (bicyclic) bond motifs is 1. The largest absolute Gasteiger partial charge is 0.507 e. The smallest absolute Gasteiger partial charge is 0.127 e. The average molecular weight is 312 g/mol.